The first-order valence-corrected chi connectivity index (χ1v) is 5.84. The maximum absolute atomic E-state index is 5.79. The Morgan fingerprint density at radius 2 is 2.09 bits per heavy atom. The second-order valence-electron chi connectivity index (χ2n) is 2.23. The van der Waals surface area contributed by atoms with E-state index in [0.717, 1.165) is 5.02 Å². The summed E-state index contributed by atoms with van der Waals surface area (Å²) in [7, 11) is 0. The summed E-state index contributed by atoms with van der Waals surface area (Å²) >= 11 is 7.16. The minimum absolute atomic E-state index is 0. The van der Waals surface area contributed by atoms with E-state index in [4.69, 9.17) is 11.6 Å². The monoisotopic (exact) mass is 283 g/mol. The van der Waals surface area contributed by atoms with Gasteiger partial charge in [-0.1, -0.05) is 0 Å². The summed E-state index contributed by atoms with van der Waals surface area (Å²) in [5, 5.41) is 2.16. The summed E-state index contributed by atoms with van der Waals surface area (Å²) in [6.07, 6.45) is 1.18. The van der Waals surface area contributed by atoms with E-state index in [2.05, 4.69) is 6.07 Å². The van der Waals surface area contributed by atoms with Crippen LogP contribution in [0.25, 0.3) is 0 Å². The molecule has 0 amide bonds. The van der Waals surface area contributed by atoms with E-state index in [1.165, 1.54) is 35.3 Å². The van der Waals surface area contributed by atoms with Crippen LogP contribution in [-0.4, -0.2) is 0 Å². The number of benzene rings is 1. The predicted molar refractivity (Wildman–Crippen MR) is 50.3 cm³/mol. The van der Waals surface area contributed by atoms with Crippen molar-refractivity contribution in [1.29, 1.82) is 0 Å². The van der Waals surface area contributed by atoms with Crippen LogP contribution < -0.4 is 0 Å². The van der Waals surface area contributed by atoms with Gasteiger partial charge >= 0.3 is 76.2 Å². The van der Waals surface area contributed by atoms with Crippen LogP contribution in [0.15, 0.2) is 24.3 Å². The van der Waals surface area contributed by atoms with Crippen molar-refractivity contribution in [3.8, 4) is 0 Å². The van der Waals surface area contributed by atoms with Crippen molar-refractivity contribution in [3.63, 3.8) is 0 Å². The van der Waals surface area contributed by atoms with E-state index < -0.39 is 0 Å². The predicted octanol–water partition coefficient (Wildman–Crippen LogP) is 3.43. The van der Waals surface area contributed by atoms with Gasteiger partial charge in [-0.25, -0.2) is 0 Å². The van der Waals surface area contributed by atoms with E-state index in [1.807, 2.05) is 18.2 Å². The Labute approximate surface area is 92.8 Å². The Morgan fingerprint density at radius 1 is 1.36 bits per heavy atom. The standard InChI is InChI=1S/C8H8Cl.BrH.Zn/c1-2-7-4-3-5-8(9)6-7;;/h3-6H,1-2H2;1H;. The molecular formula is C8H9BrClZn. The van der Waals surface area contributed by atoms with Gasteiger partial charge in [0.05, 0.1) is 0 Å². The van der Waals surface area contributed by atoms with Crippen LogP contribution >= 0.6 is 28.6 Å². The average Bonchev–Trinajstić information content (AvgIpc) is 1.88. The first-order valence-electron chi connectivity index (χ1n) is 3.36. The van der Waals surface area contributed by atoms with Crippen molar-refractivity contribution >= 4 is 28.6 Å². The molecule has 0 saturated carbocycles. The van der Waals surface area contributed by atoms with E-state index in [0.29, 0.717) is 0 Å². The molecule has 0 unspecified atom stereocenters. The molecule has 11 heavy (non-hydrogen) atoms. The number of aryl methyl sites for hydroxylation is 1. The molecule has 0 bridgehead atoms. The Bertz CT molecular complexity index is 215. The molecule has 0 spiro atoms. The Hall–Kier alpha value is 0.613. The van der Waals surface area contributed by atoms with E-state index in [9.17, 15) is 0 Å². The van der Waals surface area contributed by atoms with E-state index in [1.54, 1.807) is 0 Å². The molecule has 0 aliphatic rings. The van der Waals surface area contributed by atoms with Crippen LogP contribution in [0.2, 0.25) is 10.0 Å². The topological polar surface area (TPSA) is 0 Å². The number of halogens is 2. The molecule has 0 atom stereocenters. The van der Waals surface area contributed by atoms with Crippen molar-refractivity contribution in [2.45, 2.75) is 11.4 Å². The van der Waals surface area contributed by atoms with Crippen LogP contribution in [0.1, 0.15) is 5.56 Å². The number of hydrogen-bond acceptors (Lipinski definition) is 0. The third kappa shape index (κ3) is 4.25. The molecule has 57 valence electrons. The molecule has 0 aliphatic carbocycles. The van der Waals surface area contributed by atoms with Gasteiger partial charge in [0.15, 0.2) is 0 Å². The zero-order chi connectivity index (χ0) is 7.40. The first kappa shape index (κ1) is 11.6. The Balaban J connectivity index is 0.000001000. The zero-order valence-corrected chi connectivity index (χ0v) is 11.7. The van der Waals surface area contributed by atoms with Crippen LogP contribution in [0.5, 0.6) is 0 Å². The molecule has 0 aliphatic heterocycles. The summed E-state index contributed by atoms with van der Waals surface area (Å²) in [6.45, 7) is 0. The van der Waals surface area contributed by atoms with Crippen LogP contribution in [0.3, 0.4) is 0 Å². The van der Waals surface area contributed by atoms with Crippen LogP contribution in [0.4, 0.5) is 0 Å². The molecule has 1 aromatic carbocycles. The first-order chi connectivity index (χ1) is 4.83. The van der Waals surface area contributed by atoms with Gasteiger partial charge in [-0.15, -0.1) is 17.0 Å². The van der Waals surface area contributed by atoms with Gasteiger partial charge in [-0.2, -0.15) is 0 Å². The molecule has 0 heterocycles. The molecule has 0 fully saturated rings. The van der Waals surface area contributed by atoms with Gasteiger partial charge in [0, 0.05) is 0 Å². The molecule has 0 nitrogen and oxygen atoms in total. The van der Waals surface area contributed by atoms with E-state index >= 15 is 0 Å². The minimum atomic E-state index is 0. The average molecular weight is 286 g/mol. The fourth-order valence-electron chi connectivity index (χ4n) is 0.897. The van der Waals surface area contributed by atoms with Crippen molar-refractivity contribution < 1.29 is 18.3 Å². The SMILES string of the molecule is Br.Clc1cccc(C[CH2][Zn])c1. The Morgan fingerprint density at radius 3 is 2.64 bits per heavy atom. The molecular weight excluding hydrogens is 277 g/mol. The van der Waals surface area contributed by atoms with Crippen molar-refractivity contribution in [1.82, 2.24) is 0 Å². The third-order valence-corrected chi connectivity index (χ3v) is 2.33. The third-order valence-electron chi connectivity index (χ3n) is 1.35. The van der Waals surface area contributed by atoms with Gasteiger partial charge in [0.25, 0.3) is 0 Å². The van der Waals surface area contributed by atoms with Gasteiger partial charge in [-0.3, -0.25) is 0 Å². The van der Waals surface area contributed by atoms with Crippen molar-refractivity contribution in [2.75, 3.05) is 0 Å². The summed E-state index contributed by atoms with van der Waals surface area (Å²) in [5.41, 5.74) is 1.36. The molecule has 0 aromatic heterocycles. The summed E-state index contributed by atoms with van der Waals surface area (Å²) in [6, 6.07) is 8.09. The normalized spacial score (nSPS) is 9.00. The molecule has 0 saturated heterocycles. The fraction of sp³-hybridized carbons (Fsp3) is 0.250. The quantitative estimate of drug-likeness (QED) is 0.731. The fourth-order valence-corrected chi connectivity index (χ4v) is 1.97. The second-order valence-corrected chi connectivity index (χ2v) is 4.15. The maximum atomic E-state index is 5.79. The molecule has 1 aromatic rings. The van der Waals surface area contributed by atoms with Crippen LogP contribution in [-0.2, 0) is 24.7 Å². The Kier molecular flexibility index (Phi) is 6.51. The van der Waals surface area contributed by atoms with Crippen molar-refractivity contribution in [2.24, 2.45) is 0 Å². The summed E-state index contributed by atoms with van der Waals surface area (Å²) < 4.78 is 0. The zero-order valence-electron chi connectivity index (χ0n) is 6.22. The van der Waals surface area contributed by atoms with Gasteiger partial charge in [0.2, 0.25) is 0 Å². The summed E-state index contributed by atoms with van der Waals surface area (Å²) in [5.74, 6) is 0. The number of hydrogen-bond donors (Lipinski definition) is 0. The summed E-state index contributed by atoms with van der Waals surface area (Å²) in [4.78, 5) is 0. The second kappa shape index (κ2) is 6.17. The van der Waals surface area contributed by atoms with Gasteiger partial charge in [0.1, 0.15) is 0 Å². The van der Waals surface area contributed by atoms with Gasteiger partial charge in [-0.05, 0) is 0 Å². The molecule has 3 heteroatoms. The number of rotatable bonds is 2. The van der Waals surface area contributed by atoms with Gasteiger partial charge < -0.3 is 0 Å². The molecule has 0 N–H and O–H groups in total. The van der Waals surface area contributed by atoms with Crippen LogP contribution in [0, 0.1) is 0 Å². The van der Waals surface area contributed by atoms with E-state index in [-0.39, 0.29) is 17.0 Å². The molecule has 1 rings (SSSR count). The molecule has 0 radical (unpaired) electrons. The van der Waals surface area contributed by atoms with Crippen molar-refractivity contribution in [3.05, 3.63) is 34.9 Å².